The molecule has 0 spiro atoms. The van der Waals surface area contributed by atoms with Crippen LogP contribution in [0.3, 0.4) is 0 Å². The molecule has 5 nitrogen and oxygen atoms in total. The average molecular weight is 321 g/mol. The normalized spacial score (nSPS) is 15.1. The molecular weight excluding hydrogens is 304 g/mol. The highest BCUT2D eigenvalue weighted by atomic mass is 35.5. The van der Waals surface area contributed by atoms with Crippen LogP contribution in [0.15, 0.2) is 24.4 Å². The Morgan fingerprint density at radius 3 is 2.86 bits per heavy atom. The first-order valence-electron chi connectivity index (χ1n) is 7.29. The molecule has 1 aromatic heterocycles. The van der Waals surface area contributed by atoms with E-state index < -0.39 is 0 Å². The minimum absolute atomic E-state index is 0.323. The van der Waals surface area contributed by atoms with Crippen molar-refractivity contribution < 1.29 is 14.3 Å². The molecule has 0 radical (unpaired) electrons. The molecule has 1 fully saturated rings. The molecule has 0 amide bonds. The highest BCUT2D eigenvalue weighted by Crippen LogP contribution is 2.35. The van der Waals surface area contributed by atoms with Gasteiger partial charge >= 0.3 is 5.97 Å². The van der Waals surface area contributed by atoms with E-state index in [-0.39, 0.29) is 5.97 Å². The Morgan fingerprint density at radius 1 is 1.36 bits per heavy atom. The summed E-state index contributed by atoms with van der Waals surface area (Å²) < 4.78 is 10.5. The van der Waals surface area contributed by atoms with E-state index in [2.05, 4.69) is 9.88 Å². The van der Waals surface area contributed by atoms with Gasteiger partial charge in [0.25, 0.3) is 0 Å². The SMILES string of the molecule is CCOC(=O)c1ccnc2ccc(N3CCOCC3)c(Cl)c12. The second-order valence-corrected chi connectivity index (χ2v) is 5.35. The van der Waals surface area contributed by atoms with Gasteiger partial charge in [-0.3, -0.25) is 4.98 Å². The molecule has 1 aromatic carbocycles. The van der Waals surface area contributed by atoms with Gasteiger partial charge < -0.3 is 14.4 Å². The number of carbonyl (C=O) groups is 1. The molecule has 22 heavy (non-hydrogen) atoms. The predicted octanol–water partition coefficient (Wildman–Crippen LogP) is 2.90. The lowest BCUT2D eigenvalue weighted by Gasteiger charge is -2.30. The summed E-state index contributed by atoms with van der Waals surface area (Å²) in [5.74, 6) is -0.379. The largest absolute Gasteiger partial charge is 0.462 e. The first-order valence-corrected chi connectivity index (χ1v) is 7.67. The number of pyridine rings is 1. The van der Waals surface area contributed by atoms with E-state index in [4.69, 9.17) is 21.1 Å². The van der Waals surface area contributed by atoms with Crippen LogP contribution in [-0.2, 0) is 9.47 Å². The highest BCUT2D eigenvalue weighted by molar-refractivity contribution is 6.39. The lowest BCUT2D eigenvalue weighted by molar-refractivity contribution is 0.0528. The molecule has 116 valence electrons. The van der Waals surface area contributed by atoms with Crippen LogP contribution >= 0.6 is 11.6 Å². The maximum atomic E-state index is 12.2. The standard InChI is InChI=1S/C16H17ClN2O3/c1-2-22-16(20)11-5-6-18-12-3-4-13(15(17)14(11)12)19-7-9-21-10-8-19/h3-6H,2,7-10H2,1H3. The van der Waals surface area contributed by atoms with Crippen LogP contribution < -0.4 is 4.90 Å². The van der Waals surface area contributed by atoms with Gasteiger partial charge in [-0.05, 0) is 25.1 Å². The Bertz CT molecular complexity index is 699. The predicted molar refractivity (Wildman–Crippen MR) is 85.7 cm³/mol. The number of fused-ring (bicyclic) bond motifs is 1. The van der Waals surface area contributed by atoms with Crippen molar-refractivity contribution in [3.8, 4) is 0 Å². The van der Waals surface area contributed by atoms with Crippen LogP contribution in [-0.4, -0.2) is 43.9 Å². The van der Waals surface area contributed by atoms with Gasteiger partial charge in [0.2, 0.25) is 0 Å². The van der Waals surface area contributed by atoms with Crippen molar-refractivity contribution in [1.29, 1.82) is 0 Å². The summed E-state index contributed by atoms with van der Waals surface area (Å²) in [6.07, 6.45) is 1.60. The number of aromatic nitrogens is 1. The molecular formula is C16H17ClN2O3. The van der Waals surface area contributed by atoms with Gasteiger partial charge in [0.05, 0.1) is 41.6 Å². The number of hydrogen-bond acceptors (Lipinski definition) is 5. The van der Waals surface area contributed by atoms with Gasteiger partial charge in [-0.2, -0.15) is 0 Å². The molecule has 3 rings (SSSR count). The minimum Gasteiger partial charge on any atom is -0.462 e. The summed E-state index contributed by atoms with van der Waals surface area (Å²) in [5.41, 5.74) is 2.04. The van der Waals surface area contributed by atoms with E-state index >= 15 is 0 Å². The molecule has 0 bridgehead atoms. The fraction of sp³-hybridized carbons (Fsp3) is 0.375. The van der Waals surface area contributed by atoms with Crippen molar-refractivity contribution in [2.45, 2.75) is 6.92 Å². The van der Waals surface area contributed by atoms with Crippen LogP contribution in [0, 0.1) is 0 Å². The Hall–Kier alpha value is -1.85. The quantitative estimate of drug-likeness (QED) is 0.814. The molecule has 2 aromatic rings. The van der Waals surface area contributed by atoms with E-state index in [0.717, 1.165) is 18.8 Å². The lowest BCUT2D eigenvalue weighted by atomic mass is 10.1. The second kappa shape index (κ2) is 6.50. The number of carbonyl (C=O) groups excluding carboxylic acids is 1. The van der Waals surface area contributed by atoms with Gasteiger partial charge in [-0.15, -0.1) is 0 Å². The number of anilines is 1. The Morgan fingerprint density at radius 2 is 2.14 bits per heavy atom. The molecule has 0 unspecified atom stereocenters. The van der Waals surface area contributed by atoms with Crippen molar-refractivity contribution in [2.75, 3.05) is 37.8 Å². The molecule has 0 N–H and O–H groups in total. The van der Waals surface area contributed by atoms with Crippen LogP contribution in [0.1, 0.15) is 17.3 Å². The third-order valence-corrected chi connectivity index (χ3v) is 4.05. The summed E-state index contributed by atoms with van der Waals surface area (Å²) in [6.45, 7) is 5.00. The van der Waals surface area contributed by atoms with Crippen molar-refractivity contribution in [3.05, 3.63) is 35.0 Å². The summed E-state index contributed by atoms with van der Waals surface area (Å²) >= 11 is 6.59. The maximum absolute atomic E-state index is 12.2. The van der Waals surface area contributed by atoms with Crippen molar-refractivity contribution >= 4 is 34.2 Å². The number of morpholine rings is 1. The summed E-state index contributed by atoms with van der Waals surface area (Å²) in [7, 11) is 0. The number of halogens is 1. The zero-order valence-corrected chi connectivity index (χ0v) is 13.1. The van der Waals surface area contributed by atoms with E-state index in [9.17, 15) is 4.79 Å². The minimum atomic E-state index is -0.379. The molecule has 0 aliphatic carbocycles. The fourth-order valence-electron chi connectivity index (χ4n) is 2.62. The van der Waals surface area contributed by atoms with E-state index in [1.165, 1.54) is 0 Å². The van der Waals surface area contributed by atoms with Crippen molar-refractivity contribution in [3.63, 3.8) is 0 Å². The topological polar surface area (TPSA) is 51.7 Å². The monoisotopic (exact) mass is 320 g/mol. The molecule has 6 heteroatoms. The van der Waals surface area contributed by atoms with E-state index in [1.54, 1.807) is 19.2 Å². The van der Waals surface area contributed by atoms with Crippen LogP contribution in [0.5, 0.6) is 0 Å². The highest BCUT2D eigenvalue weighted by Gasteiger charge is 2.20. The third kappa shape index (κ3) is 2.74. The Balaban J connectivity index is 2.11. The molecule has 2 heterocycles. The van der Waals surface area contributed by atoms with Gasteiger partial charge in [-0.1, -0.05) is 11.6 Å². The van der Waals surface area contributed by atoms with Crippen LogP contribution in [0.2, 0.25) is 5.02 Å². The molecule has 1 aliphatic heterocycles. The van der Waals surface area contributed by atoms with Crippen LogP contribution in [0.25, 0.3) is 10.9 Å². The first kappa shape index (κ1) is 15.1. The van der Waals surface area contributed by atoms with Crippen molar-refractivity contribution in [2.24, 2.45) is 0 Å². The first-order chi connectivity index (χ1) is 10.7. The van der Waals surface area contributed by atoms with Crippen molar-refractivity contribution in [1.82, 2.24) is 4.98 Å². The van der Waals surface area contributed by atoms with E-state index in [1.807, 2.05) is 12.1 Å². The zero-order valence-electron chi connectivity index (χ0n) is 12.3. The number of benzene rings is 1. The zero-order chi connectivity index (χ0) is 15.5. The number of ether oxygens (including phenoxy) is 2. The number of esters is 1. The van der Waals surface area contributed by atoms with Gasteiger partial charge in [-0.25, -0.2) is 4.79 Å². The fourth-order valence-corrected chi connectivity index (χ4v) is 3.00. The van der Waals surface area contributed by atoms with E-state index in [0.29, 0.717) is 41.3 Å². The lowest BCUT2D eigenvalue weighted by Crippen LogP contribution is -2.36. The smallest absolute Gasteiger partial charge is 0.338 e. The summed E-state index contributed by atoms with van der Waals surface area (Å²) in [6, 6.07) is 5.47. The number of hydrogen-bond donors (Lipinski definition) is 0. The average Bonchev–Trinajstić information content (AvgIpc) is 2.56. The second-order valence-electron chi connectivity index (χ2n) is 4.97. The van der Waals surface area contributed by atoms with Gasteiger partial charge in [0.1, 0.15) is 0 Å². The summed E-state index contributed by atoms with van der Waals surface area (Å²) in [5, 5.41) is 1.18. The number of nitrogens with zero attached hydrogens (tertiary/aromatic N) is 2. The van der Waals surface area contributed by atoms with Gasteiger partial charge in [0, 0.05) is 24.7 Å². The third-order valence-electron chi connectivity index (χ3n) is 3.67. The Labute approximate surface area is 133 Å². The Kier molecular flexibility index (Phi) is 4.45. The van der Waals surface area contributed by atoms with Crippen LogP contribution in [0.4, 0.5) is 5.69 Å². The molecule has 0 atom stereocenters. The molecule has 1 aliphatic rings. The summed E-state index contributed by atoms with van der Waals surface area (Å²) in [4.78, 5) is 18.6. The number of rotatable bonds is 3. The maximum Gasteiger partial charge on any atom is 0.338 e. The van der Waals surface area contributed by atoms with Gasteiger partial charge in [0.15, 0.2) is 0 Å². The molecule has 0 saturated carbocycles. The molecule has 1 saturated heterocycles.